The van der Waals surface area contributed by atoms with Crippen LogP contribution in [0.25, 0.3) is 0 Å². The van der Waals surface area contributed by atoms with Crippen molar-refractivity contribution in [1.29, 1.82) is 0 Å². The quantitative estimate of drug-likeness (QED) is 0.295. The van der Waals surface area contributed by atoms with E-state index in [0.29, 0.717) is 0 Å². The summed E-state index contributed by atoms with van der Waals surface area (Å²) in [4.78, 5) is 10.3. The molecule has 0 fully saturated rings. The maximum atomic E-state index is 12.6. The van der Waals surface area contributed by atoms with Gasteiger partial charge in [-0.05, 0) is 0 Å². The van der Waals surface area contributed by atoms with Crippen molar-refractivity contribution in [2.75, 3.05) is 0 Å². The highest BCUT2D eigenvalue weighted by Gasteiger charge is 2.27. The first-order valence-electron chi connectivity index (χ1n) is 3.19. The SMILES string of the molecule is [B]C(=O)c1c(F)c(F)c(F)c(F)c1F. The largest absolute Gasteiger partial charge is 0.307 e. The second-order valence-corrected chi connectivity index (χ2v) is 2.31. The molecule has 0 aliphatic heterocycles. The summed E-state index contributed by atoms with van der Waals surface area (Å²) in [7, 11) is 4.43. The summed E-state index contributed by atoms with van der Waals surface area (Å²) in [6.45, 7) is 0. The molecule has 14 heavy (non-hydrogen) atoms. The molecule has 72 valence electrons. The van der Waals surface area contributed by atoms with E-state index in [0.717, 1.165) is 0 Å². The van der Waals surface area contributed by atoms with Crippen molar-refractivity contribution in [1.82, 2.24) is 0 Å². The molecule has 0 aliphatic carbocycles. The zero-order valence-corrected chi connectivity index (χ0v) is 6.38. The van der Waals surface area contributed by atoms with E-state index in [2.05, 4.69) is 7.85 Å². The Bertz CT molecular complexity index is 388. The smallest absolute Gasteiger partial charge is 0.200 e. The van der Waals surface area contributed by atoms with Crippen molar-refractivity contribution in [2.24, 2.45) is 0 Å². The number of hydrogen-bond acceptors (Lipinski definition) is 1. The summed E-state index contributed by atoms with van der Waals surface area (Å²) in [5, 5.41) is 0. The van der Waals surface area contributed by atoms with Gasteiger partial charge in [0.25, 0.3) is 0 Å². The third kappa shape index (κ3) is 1.38. The minimum Gasteiger partial charge on any atom is -0.307 e. The van der Waals surface area contributed by atoms with Crippen molar-refractivity contribution in [3.8, 4) is 0 Å². The Hall–Kier alpha value is -1.40. The molecule has 0 heterocycles. The van der Waals surface area contributed by atoms with E-state index in [9.17, 15) is 26.7 Å². The molecule has 0 aliphatic rings. The molecule has 0 bridgehead atoms. The fourth-order valence-corrected chi connectivity index (χ4v) is 0.821. The average Bonchev–Trinajstić information content (AvgIpc) is 2.11. The van der Waals surface area contributed by atoms with Crippen molar-refractivity contribution >= 4 is 13.5 Å². The highest BCUT2D eigenvalue weighted by molar-refractivity contribution is 6.62. The fourth-order valence-electron chi connectivity index (χ4n) is 0.821. The van der Waals surface area contributed by atoms with Crippen LogP contribution in [0.5, 0.6) is 0 Å². The van der Waals surface area contributed by atoms with Gasteiger partial charge in [0.1, 0.15) is 5.68 Å². The van der Waals surface area contributed by atoms with Gasteiger partial charge < -0.3 is 4.79 Å². The molecule has 0 unspecified atom stereocenters. The van der Waals surface area contributed by atoms with Gasteiger partial charge in [0.15, 0.2) is 31.1 Å². The predicted molar refractivity (Wildman–Crippen MR) is 36.3 cm³/mol. The summed E-state index contributed by atoms with van der Waals surface area (Å²) in [6.07, 6.45) is 0. The number of carbonyl (C=O) groups is 1. The lowest BCUT2D eigenvalue weighted by molar-refractivity contribution is 0.107. The van der Waals surface area contributed by atoms with E-state index in [-0.39, 0.29) is 0 Å². The molecular formula is C7BF5O. The monoisotopic (exact) mass is 206 g/mol. The number of rotatable bonds is 1. The molecule has 1 nitrogen and oxygen atoms in total. The average molecular weight is 206 g/mol. The second kappa shape index (κ2) is 3.40. The van der Waals surface area contributed by atoms with Crippen LogP contribution in [0, 0.1) is 29.1 Å². The van der Waals surface area contributed by atoms with Crippen LogP contribution >= 0.6 is 0 Å². The highest BCUT2D eigenvalue weighted by Crippen LogP contribution is 2.22. The standard InChI is InChI=1S/C7BF5O/c8-7(14)1-2(9)4(11)6(13)5(12)3(1)10. The van der Waals surface area contributed by atoms with Crippen LogP contribution in [0.15, 0.2) is 0 Å². The van der Waals surface area contributed by atoms with Crippen LogP contribution in [0.3, 0.4) is 0 Å². The molecular weight excluding hydrogens is 206 g/mol. The number of carbonyl (C=O) groups excluding carboxylic acids is 1. The molecule has 0 N–H and O–H groups in total. The van der Waals surface area contributed by atoms with E-state index < -0.39 is 40.3 Å². The summed E-state index contributed by atoms with van der Waals surface area (Å²) in [5.41, 5.74) is -3.36. The Balaban J connectivity index is 3.68. The lowest BCUT2D eigenvalue weighted by Crippen LogP contribution is -2.12. The molecule has 0 amide bonds. The van der Waals surface area contributed by atoms with Gasteiger partial charge in [0.05, 0.1) is 5.56 Å². The van der Waals surface area contributed by atoms with Crippen LogP contribution in [0.1, 0.15) is 10.4 Å². The molecule has 7 heteroatoms. The second-order valence-electron chi connectivity index (χ2n) is 2.31. The first-order chi connectivity index (χ1) is 6.37. The van der Waals surface area contributed by atoms with E-state index >= 15 is 0 Å². The van der Waals surface area contributed by atoms with Crippen molar-refractivity contribution in [2.45, 2.75) is 0 Å². The fraction of sp³-hybridized carbons (Fsp3) is 0. The molecule has 2 radical (unpaired) electrons. The van der Waals surface area contributed by atoms with Gasteiger partial charge in [-0.1, -0.05) is 0 Å². The maximum absolute atomic E-state index is 12.6. The van der Waals surface area contributed by atoms with Gasteiger partial charge in [0.2, 0.25) is 5.82 Å². The topological polar surface area (TPSA) is 17.1 Å². The molecule has 1 aromatic carbocycles. The third-order valence-corrected chi connectivity index (χ3v) is 1.46. The summed E-state index contributed by atoms with van der Waals surface area (Å²) in [5.74, 6) is -11.2. The summed E-state index contributed by atoms with van der Waals surface area (Å²) < 4.78 is 62.4. The first-order valence-corrected chi connectivity index (χ1v) is 3.19. The molecule has 1 aromatic rings. The molecule has 0 saturated heterocycles. The van der Waals surface area contributed by atoms with Gasteiger partial charge in [-0.15, -0.1) is 0 Å². The van der Waals surface area contributed by atoms with E-state index in [1.165, 1.54) is 0 Å². The number of benzene rings is 1. The Morgan fingerprint density at radius 3 is 1.36 bits per heavy atom. The molecule has 1 rings (SSSR count). The van der Waals surface area contributed by atoms with Gasteiger partial charge in [-0.25, -0.2) is 22.0 Å². The highest BCUT2D eigenvalue weighted by atomic mass is 19.2. The Kier molecular flexibility index (Phi) is 2.59. The van der Waals surface area contributed by atoms with Crippen LogP contribution in [-0.2, 0) is 0 Å². The van der Waals surface area contributed by atoms with Crippen molar-refractivity contribution in [3.63, 3.8) is 0 Å². The van der Waals surface area contributed by atoms with Crippen LogP contribution in [-0.4, -0.2) is 13.5 Å². The Labute approximate surface area is 75.9 Å². The molecule has 0 spiro atoms. The van der Waals surface area contributed by atoms with Crippen LogP contribution < -0.4 is 0 Å². The lowest BCUT2D eigenvalue weighted by atomic mass is 9.93. The third-order valence-electron chi connectivity index (χ3n) is 1.46. The predicted octanol–water partition coefficient (Wildman–Crippen LogP) is 1.69. The van der Waals surface area contributed by atoms with Crippen LogP contribution in [0.4, 0.5) is 22.0 Å². The summed E-state index contributed by atoms with van der Waals surface area (Å²) in [6, 6.07) is 0. The van der Waals surface area contributed by atoms with Crippen molar-refractivity contribution in [3.05, 3.63) is 34.6 Å². The van der Waals surface area contributed by atoms with E-state index in [4.69, 9.17) is 0 Å². The lowest BCUT2D eigenvalue weighted by Gasteiger charge is -2.04. The van der Waals surface area contributed by atoms with E-state index in [1.54, 1.807) is 0 Å². The van der Waals surface area contributed by atoms with Gasteiger partial charge >= 0.3 is 0 Å². The molecule has 0 aromatic heterocycles. The summed E-state index contributed by atoms with van der Waals surface area (Å²) >= 11 is 0. The number of hydrogen-bond donors (Lipinski definition) is 0. The minimum atomic E-state index is -2.33. The van der Waals surface area contributed by atoms with E-state index in [1.807, 2.05) is 0 Å². The Morgan fingerprint density at radius 1 is 0.786 bits per heavy atom. The molecule has 0 atom stereocenters. The Morgan fingerprint density at radius 2 is 1.07 bits per heavy atom. The first kappa shape index (κ1) is 10.7. The van der Waals surface area contributed by atoms with Crippen molar-refractivity contribution < 1.29 is 26.7 Å². The van der Waals surface area contributed by atoms with Gasteiger partial charge in [-0.2, -0.15) is 0 Å². The minimum absolute atomic E-state index is 1.64. The maximum Gasteiger partial charge on any atom is 0.200 e. The zero-order chi connectivity index (χ0) is 11.0. The van der Waals surface area contributed by atoms with Gasteiger partial charge in [0, 0.05) is 0 Å². The van der Waals surface area contributed by atoms with Gasteiger partial charge in [-0.3, -0.25) is 0 Å². The number of halogens is 5. The normalized spacial score (nSPS) is 10.4. The van der Waals surface area contributed by atoms with Crippen LogP contribution in [0.2, 0.25) is 0 Å². The zero-order valence-electron chi connectivity index (χ0n) is 6.38. The molecule has 0 saturated carbocycles.